The van der Waals surface area contributed by atoms with Crippen molar-refractivity contribution in [3.05, 3.63) is 29.3 Å². The van der Waals surface area contributed by atoms with Gasteiger partial charge in [-0.15, -0.1) is 0 Å². The predicted octanol–water partition coefficient (Wildman–Crippen LogP) is 2.62. The Morgan fingerprint density at radius 3 is 2.42 bits per heavy atom. The normalized spacial score (nSPS) is 16.6. The van der Waals surface area contributed by atoms with Crippen LogP contribution in [0, 0.1) is 19.8 Å². The van der Waals surface area contributed by atoms with E-state index in [0.29, 0.717) is 43.2 Å². The number of nitrogens with zero attached hydrogens (tertiary/aromatic N) is 1. The average molecular weight is 353 g/mol. The van der Waals surface area contributed by atoms with Crippen molar-refractivity contribution in [2.75, 3.05) is 13.1 Å². The minimum atomic E-state index is -3.52. The van der Waals surface area contributed by atoms with Crippen molar-refractivity contribution in [1.82, 2.24) is 9.62 Å². The van der Waals surface area contributed by atoms with E-state index in [0.717, 1.165) is 11.1 Å². The van der Waals surface area contributed by atoms with Crippen molar-refractivity contribution in [2.45, 2.75) is 57.9 Å². The molecule has 6 heteroatoms. The Morgan fingerprint density at radius 1 is 1.25 bits per heavy atom. The third-order valence-electron chi connectivity index (χ3n) is 4.37. The number of carbonyl (C=O) groups excluding carboxylic acids is 1. The van der Waals surface area contributed by atoms with Gasteiger partial charge >= 0.3 is 0 Å². The van der Waals surface area contributed by atoms with Crippen molar-refractivity contribution in [1.29, 1.82) is 0 Å². The molecular weight excluding hydrogens is 324 g/mol. The van der Waals surface area contributed by atoms with Crippen LogP contribution in [0.15, 0.2) is 23.1 Å². The van der Waals surface area contributed by atoms with Crippen molar-refractivity contribution in [3.8, 4) is 0 Å². The molecule has 134 valence electrons. The van der Waals surface area contributed by atoms with Crippen molar-refractivity contribution in [2.24, 2.45) is 5.92 Å². The molecule has 0 spiro atoms. The molecule has 1 aliphatic heterocycles. The van der Waals surface area contributed by atoms with Crippen LogP contribution < -0.4 is 4.72 Å². The summed E-state index contributed by atoms with van der Waals surface area (Å²) in [5.41, 5.74) is 1.80. The van der Waals surface area contributed by atoms with Crippen molar-refractivity contribution >= 4 is 15.9 Å². The van der Waals surface area contributed by atoms with Gasteiger partial charge in [-0.2, -0.15) is 0 Å². The highest BCUT2D eigenvalue weighted by Crippen LogP contribution is 2.19. The van der Waals surface area contributed by atoms with Crippen LogP contribution in [-0.2, 0) is 14.8 Å². The summed E-state index contributed by atoms with van der Waals surface area (Å²) in [6.07, 6.45) is 1.88. The van der Waals surface area contributed by atoms with Crippen molar-refractivity contribution < 1.29 is 13.2 Å². The zero-order chi connectivity index (χ0) is 17.9. The van der Waals surface area contributed by atoms with Gasteiger partial charge in [0.05, 0.1) is 4.90 Å². The minimum Gasteiger partial charge on any atom is -0.343 e. The molecule has 1 amide bonds. The van der Waals surface area contributed by atoms with Crippen molar-refractivity contribution in [3.63, 3.8) is 0 Å². The SMILES string of the molecule is Cc1ccc(S(=O)(=O)NC2CCN(C(=O)CC(C)C)CC2)c(C)c1. The van der Waals surface area contributed by atoms with Gasteiger partial charge in [0.2, 0.25) is 15.9 Å². The summed E-state index contributed by atoms with van der Waals surface area (Å²) >= 11 is 0. The van der Waals surface area contributed by atoms with Gasteiger partial charge in [-0.3, -0.25) is 4.79 Å². The summed E-state index contributed by atoms with van der Waals surface area (Å²) < 4.78 is 28.0. The standard InChI is InChI=1S/C18H28N2O3S/c1-13(2)11-18(21)20-9-7-16(8-10-20)19-24(22,23)17-6-5-14(3)12-15(17)4/h5-6,12-13,16,19H,7-11H2,1-4H3. The number of nitrogens with one attached hydrogen (secondary N) is 1. The van der Waals surface area contributed by atoms with E-state index in [1.54, 1.807) is 6.07 Å². The van der Waals surface area contributed by atoms with Gasteiger partial charge in [0.1, 0.15) is 0 Å². The number of amides is 1. The lowest BCUT2D eigenvalue weighted by Crippen LogP contribution is -2.46. The highest BCUT2D eigenvalue weighted by molar-refractivity contribution is 7.89. The number of carbonyl (C=O) groups is 1. The molecule has 1 aromatic carbocycles. The number of piperidine rings is 1. The monoisotopic (exact) mass is 352 g/mol. The van der Waals surface area contributed by atoms with Crippen LogP contribution in [0.3, 0.4) is 0 Å². The molecule has 0 radical (unpaired) electrons. The van der Waals surface area contributed by atoms with Gasteiger partial charge < -0.3 is 4.90 Å². The lowest BCUT2D eigenvalue weighted by molar-refractivity contribution is -0.133. The van der Waals surface area contributed by atoms with Crippen LogP contribution in [0.4, 0.5) is 0 Å². The van der Waals surface area contributed by atoms with Crippen LogP contribution in [0.25, 0.3) is 0 Å². The summed E-state index contributed by atoms with van der Waals surface area (Å²) in [6, 6.07) is 5.24. The predicted molar refractivity (Wildman–Crippen MR) is 95.3 cm³/mol. The molecule has 0 unspecified atom stereocenters. The van der Waals surface area contributed by atoms with Gasteiger partial charge in [0.25, 0.3) is 0 Å². The smallest absolute Gasteiger partial charge is 0.241 e. The number of hydrogen-bond donors (Lipinski definition) is 1. The summed E-state index contributed by atoms with van der Waals surface area (Å²) in [4.78, 5) is 14.3. The zero-order valence-electron chi connectivity index (χ0n) is 15.0. The summed E-state index contributed by atoms with van der Waals surface area (Å²) in [6.45, 7) is 9.05. The largest absolute Gasteiger partial charge is 0.343 e. The molecule has 0 atom stereocenters. The second-order valence-electron chi connectivity index (χ2n) is 7.14. The molecule has 0 aromatic heterocycles. The Bertz CT molecular complexity index is 690. The lowest BCUT2D eigenvalue weighted by Gasteiger charge is -2.32. The first-order valence-corrected chi connectivity index (χ1v) is 10.0. The van der Waals surface area contributed by atoms with Crippen LogP contribution >= 0.6 is 0 Å². The maximum atomic E-state index is 12.6. The molecule has 1 fully saturated rings. The molecule has 24 heavy (non-hydrogen) atoms. The first kappa shape index (κ1) is 18.9. The average Bonchev–Trinajstić information content (AvgIpc) is 2.46. The number of likely N-dealkylation sites (tertiary alicyclic amines) is 1. The fraction of sp³-hybridized carbons (Fsp3) is 0.611. The highest BCUT2D eigenvalue weighted by Gasteiger charge is 2.27. The second kappa shape index (κ2) is 7.66. The van der Waals surface area contributed by atoms with Gasteiger partial charge in [0.15, 0.2) is 0 Å². The number of rotatable bonds is 5. The number of sulfonamides is 1. The maximum absolute atomic E-state index is 12.6. The first-order chi connectivity index (χ1) is 11.2. The molecule has 0 aliphatic carbocycles. The van der Waals surface area contributed by atoms with E-state index in [1.807, 2.05) is 44.7 Å². The molecule has 1 N–H and O–H groups in total. The van der Waals surface area contributed by atoms with E-state index in [2.05, 4.69) is 4.72 Å². The van der Waals surface area contributed by atoms with Gasteiger partial charge in [-0.1, -0.05) is 31.5 Å². The van der Waals surface area contributed by atoms with Crippen LogP contribution in [0.5, 0.6) is 0 Å². The molecule has 5 nitrogen and oxygen atoms in total. The van der Waals surface area contributed by atoms with E-state index in [-0.39, 0.29) is 11.9 Å². The fourth-order valence-corrected chi connectivity index (χ4v) is 4.64. The van der Waals surface area contributed by atoms with Crippen LogP contribution in [-0.4, -0.2) is 38.4 Å². The molecule has 1 saturated heterocycles. The number of benzene rings is 1. The van der Waals surface area contributed by atoms with E-state index in [1.165, 1.54) is 0 Å². The molecule has 1 aromatic rings. The van der Waals surface area contributed by atoms with Gasteiger partial charge in [-0.25, -0.2) is 13.1 Å². The number of hydrogen-bond acceptors (Lipinski definition) is 3. The Kier molecular flexibility index (Phi) is 6.04. The van der Waals surface area contributed by atoms with Crippen LogP contribution in [0.2, 0.25) is 0 Å². The molecule has 1 heterocycles. The lowest BCUT2D eigenvalue weighted by atomic mass is 10.0. The van der Waals surface area contributed by atoms with Crippen LogP contribution in [0.1, 0.15) is 44.2 Å². The Labute approximate surface area is 145 Å². The van der Waals surface area contributed by atoms with E-state index in [9.17, 15) is 13.2 Å². The molecule has 1 aliphatic rings. The fourth-order valence-electron chi connectivity index (χ4n) is 3.11. The zero-order valence-corrected chi connectivity index (χ0v) is 15.8. The third-order valence-corrected chi connectivity index (χ3v) is 6.05. The molecule has 2 rings (SSSR count). The molecule has 0 saturated carbocycles. The van der Waals surface area contributed by atoms with Gasteiger partial charge in [-0.05, 0) is 44.2 Å². The highest BCUT2D eigenvalue weighted by atomic mass is 32.2. The molecular formula is C18H28N2O3S. The molecule has 0 bridgehead atoms. The quantitative estimate of drug-likeness (QED) is 0.886. The van der Waals surface area contributed by atoms with E-state index >= 15 is 0 Å². The van der Waals surface area contributed by atoms with E-state index < -0.39 is 10.0 Å². The van der Waals surface area contributed by atoms with Gasteiger partial charge in [0, 0.05) is 25.6 Å². The third kappa shape index (κ3) is 4.80. The second-order valence-corrected chi connectivity index (χ2v) is 8.83. The van der Waals surface area contributed by atoms with E-state index in [4.69, 9.17) is 0 Å². The topological polar surface area (TPSA) is 66.5 Å². The summed E-state index contributed by atoms with van der Waals surface area (Å²) in [7, 11) is -3.52. The Balaban J connectivity index is 1.97. The summed E-state index contributed by atoms with van der Waals surface area (Å²) in [5.74, 6) is 0.513. The summed E-state index contributed by atoms with van der Waals surface area (Å²) in [5, 5.41) is 0. The Morgan fingerprint density at radius 2 is 1.88 bits per heavy atom. The first-order valence-electron chi connectivity index (χ1n) is 8.56. The maximum Gasteiger partial charge on any atom is 0.241 e. The Hall–Kier alpha value is -1.40. The minimum absolute atomic E-state index is 0.112. The number of aryl methyl sites for hydroxylation is 2.